The van der Waals surface area contributed by atoms with E-state index >= 15 is 0 Å². The van der Waals surface area contributed by atoms with Crippen LogP contribution in [0.5, 0.6) is 0 Å². The maximum atomic E-state index is 11.4. The van der Waals surface area contributed by atoms with E-state index in [1.165, 1.54) is 0 Å². The van der Waals surface area contributed by atoms with Gasteiger partial charge in [-0.15, -0.1) is 0 Å². The van der Waals surface area contributed by atoms with E-state index < -0.39 is 11.7 Å². The Balaban J connectivity index is 2.19. The summed E-state index contributed by atoms with van der Waals surface area (Å²) in [6, 6.07) is 9.44. The zero-order valence-corrected chi connectivity index (χ0v) is 11.8. The summed E-state index contributed by atoms with van der Waals surface area (Å²) in [5.41, 5.74) is 0.424. The molecule has 19 heavy (non-hydrogen) atoms. The number of nitrogens with one attached hydrogen (secondary N) is 1. The monoisotopic (exact) mass is 265 g/mol. The Morgan fingerprint density at radius 2 is 1.95 bits per heavy atom. The predicted molar refractivity (Wildman–Crippen MR) is 74.7 cm³/mol. The van der Waals surface area contributed by atoms with Crippen LogP contribution in [0.2, 0.25) is 0 Å². The van der Waals surface area contributed by atoms with Gasteiger partial charge in [-0.25, -0.2) is 0 Å². The number of benzene rings is 1. The summed E-state index contributed by atoms with van der Waals surface area (Å²) in [5, 5.41) is 12.9. The van der Waals surface area contributed by atoms with E-state index in [0.29, 0.717) is 19.5 Å². The van der Waals surface area contributed by atoms with Crippen molar-refractivity contribution in [3.63, 3.8) is 0 Å². The maximum absolute atomic E-state index is 11.4. The number of hydrogen-bond donors (Lipinski definition) is 2. The van der Waals surface area contributed by atoms with Crippen molar-refractivity contribution < 1.29 is 14.6 Å². The Morgan fingerprint density at radius 1 is 1.32 bits per heavy atom. The van der Waals surface area contributed by atoms with Gasteiger partial charge in [-0.05, 0) is 26.3 Å². The molecular weight excluding hydrogens is 242 g/mol. The maximum Gasteiger partial charge on any atom is 0.307 e. The number of ether oxygens (including phenoxy) is 1. The molecule has 0 fully saturated rings. The second-order valence-electron chi connectivity index (χ2n) is 5.47. The van der Waals surface area contributed by atoms with Gasteiger partial charge in [0, 0.05) is 13.1 Å². The van der Waals surface area contributed by atoms with Crippen molar-refractivity contribution in [2.75, 3.05) is 13.1 Å². The molecule has 0 aliphatic rings. The number of carbonyl (C=O) groups is 1. The number of carbonyl (C=O) groups excluding carboxylic acids is 1. The summed E-state index contributed by atoms with van der Waals surface area (Å²) in [7, 11) is 0. The van der Waals surface area contributed by atoms with Gasteiger partial charge in [0.05, 0.1) is 12.5 Å². The number of esters is 1. The van der Waals surface area contributed by atoms with Crippen LogP contribution >= 0.6 is 0 Å². The van der Waals surface area contributed by atoms with Crippen LogP contribution in [-0.2, 0) is 9.53 Å². The first-order chi connectivity index (χ1) is 8.88. The fourth-order valence-corrected chi connectivity index (χ4v) is 1.61. The van der Waals surface area contributed by atoms with Crippen molar-refractivity contribution in [1.82, 2.24) is 5.32 Å². The minimum Gasteiger partial charge on any atom is -0.460 e. The summed E-state index contributed by atoms with van der Waals surface area (Å²) < 4.78 is 5.19. The molecule has 2 N–H and O–H groups in total. The van der Waals surface area contributed by atoms with Gasteiger partial charge in [0.1, 0.15) is 5.60 Å². The number of aliphatic hydroxyl groups is 1. The SMILES string of the molecule is CC(C)(C)OC(=O)CCNCC(O)c1ccccc1. The second-order valence-corrected chi connectivity index (χ2v) is 5.47. The average molecular weight is 265 g/mol. The number of rotatable bonds is 6. The molecule has 0 saturated heterocycles. The van der Waals surface area contributed by atoms with Gasteiger partial charge in [-0.2, -0.15) is 0 Å². The first kappa shape index (κ1) is 15.7. The normalized spacial score (nSPS) is 13.1. The van der Waals surface area contributed by atoms with Crippen LogP contribution < -0.4 is 5.32 Å². The van der Waals surface area contributed by atoms with Crippen LogP contribution in [0.4, 0.5) is 0 Å². The van der Waals surface area contributed by atoms with E-state index in [2.05, 4.69) is 5.32 Å². The fourth-order valence-electron chi connectivity index (χ4n) is 1.61. The molecule has 0 aliphatic heterocycles. The molecule has 1 atom stereocenters. The van der Waals surface area contributed by atoms with Crippen molar-refractivity contribution in [2.45, 2.75) is 38.9 Å². The number of aliphatic hydroxyl groups excluding tert-OH is 1. The van der Waals surface area contributed by atoms with Crippen molar-refractivity contribution in [3.05, 3.63) is 35.9 Å². The van der Waals surface area contributed by atoms with Crippen LogP contribution in [-0.4, -0.2) is 29.8 Å². The van der Waals surface area contributed by atoms with Crippen LogP contribution in [0.1, 0.15) is 38.9 Å². The third-order valence-corrected chi connectivity index (χ3v) is 2.45. The lowest BCUT2D eigenvalue weighted by Gasteiger charge is -2.19. The van der Waals surface area contributed by atoms with Crippen LogP contribution in [0.3, 0.4) is 0 Å². The first-order valence-corrected chi connectivity index (χ1v) is 6.54. The topological polar surface area (TPSA) is 58.6 Å². The summed E-state index contributed by atoms with van der Waals surface area (Å²) in [6.07, 6.45) is -0.251. The minimum atomic E-state index is -0.556. The van der Waals surface area contributed by atoms with E-state index in [1.54, 1.807) is 0 Å². The second kappa shape index (κ2) is 7.26. The molecule has 0 aromatic heterocycles. The van der Waals surface area contributed by atoms with Crippen LogP contribution in [0.15, 0.2) is 30.3 Å². The molecule has 0 saturated carbocycles. The largest absolute Gasteiger partial charge is 0.460 e. The quantitative estimate of drug-likeness (QED) is 0.610. The standard InChI is InChI=1S/C15H23NO3/c1-15(2,3)19-14(18)9-10-16-11-13(17)12-7-5-4-6-8-12/h4-8,13,16-17H,9-11H2,1-3H3. The highest BCUT2D eigenvalue weighted by atomic mass is 16.6. The Hall–Kier alpha value is -1.39. The van der Waals surface area contributed by atoms with Gasteiger partial charge >= 0.3 is 5.97 Å². The Bertz CT molecular complexity index is 384. The third-order valence-electron chi connectivity index (χ3n) is 2.45. The molecular formula is C15H23NO3. The summed E-state index contributed by atoms with van der Waals surface area (Å²) in [5.74, 6) is -0.228. The van der Waals surface area contributed by atoms with Gasteiger partial charge in [0.2, 0.25) is 0 Å². The van der Waals surface area contributed by atoms with Gasteiger partial charge in [-0.3, -0.25) is 4.79 Å². The lowest BCUT2D eigenvalue weighted by atomic mass is 10.1. The molecule has 1 aromatic carbocycles. The third kappa shape index (κ3) is 6.94. The van der Waals surface area contributed by atoms with Crippen molar-refractivity contribution in [1.29, 1.82) is 0 Å². The highest BCUT2D eigenvalue weighted by Gasteiger charge is 2.15. The molecule has 0 aliphatic carbocycles. The molecule has 4 nitrogen and oxygen atoms in total. The molecule has 0 radical (unpaired) electrons. The van der Waals surface area contributed by atoms with E-state index in [0.717, 1.165) is 5.56 Å². The molecule has 0 spiro atoms. The molecule has 0 bridgehead atoms. The molecule has 1 unspecified atom stereocenters. The lowest BCUT2D eigenvalue weighted by molar-refractivity contribution is -0.154. The highest BCUT2D eigenvalue weighted by molar-refractivity contribution is 5.70. The Kier molecular flexibility index (Phi) is 5.99. The number of hydrogen-bond acceptors (Lipinski definition) is 4. The fraction of sp³-hybridized carbons (Fsp3) is 0.533. The van der Waals surface area contributed by atoms with E-state index in [4.69, 9.17) is 4.74 Å². The molecule has 106 valence electrons. The summed E-state index contributed by atoms with van der Waals surface area (Å²) in [4.78, 5) is 11.4. The molecule has 0 heterocycles. The van der Waals surface area contributed by atoms with E-state index in [-0.39, 0.29) is 5.97 Å². The van der Waals surface area contributed by atoms with Gasteiger partial charge in [0.25, 0.3) is 0 Å². The minimum absolute atomic E-state index is 0.228. The Morgan fingerprint density at radius 3 is 2.53 bits per heavy atom. The zero-order chi connectivity index (χ0) is 14.3. The first-order valence-electron chi connectivity index (χ1n) is 6.54. The predicted octanol–water partition coefficient (Wildman–Crippen LogP) is 2.04. The van der Waals surface area contributed by atoms with Gasteiger partial charge < -0.3 is 15.2 Å². The van der Waals surface area contributed by atoms with Crippen molar-refractivity contribution in [2.24, 2.45) is 0 Å². The highest BCUT2D eigenvalue weighted by Crippen LogP contribution is 2.10. The van der Waals surface area contributed by atoms with Crippen molar-refractivity contribution >= 4 is 5.97 Å². The van der Waals surface area contributed by atoms with Gasteiger partial charge in [-0.1, -0.05) is 30.3 Å². The summed E-state index contributed by atoms with van der Waals surface area (Å²) in [6.45, 7) is 6.46. The van der Waals surface area contributed by atoms with Crippen LogP contribution in [0, 0.1) is 0 Å². The average Bonchev–Trinajstić information content (AvgIpc) is 2.33. The van der Waals surface area contributed by atoms with E-state index in [9.17, 15) is 9.90 Å². The van der Waals surface area contributed by atoms with E-state index in [1.807, 2.05) is 51.1 Å². The lowest BCUT2D eigenvalue weighted by Crippen LogP contribution is -2.28. The summed E-state index contributed by atoms with van der Waals surface area (Å²) >= 11 is 0. The van der Waals surface area contributed by atoms with Gasteiger partial charge in [0.15, 0.2) is 0 Å². The zero-order valence-electron chi connectivity index (χ0n) is 11.8. The van der Waals surface area contributed by atoms with Crippen molar-refractivity contribution in [3.8, 4) is 0 Å². The Labute approximate surface area is 114 Å². The smallest absolute Gasteiger partial charge is 0.307 e. The molecule has 4 heteroatoms. The molecule has 0 amide bonds. The van der Waals surface area contributed by atoms with Crippen LogP contribution in [0.25, 0.3) is 0 Å². The molecule has 1 rings (SSSR count). The molecule has 1 aromatic rings.